The minimum Gasteiger partial charge on any atom is -0.481 e. The molecular weight excluding hydrogens is 240 g/mol. The van der Waals surface area contributed by atoms with Crippen LogP contribution in [0.3, 0.4) is 0 Å². The molecule has 0 fully saturated rings. The number of aliphatic carboxylic acids is 3. The number of carboxylic acids is 3. The van der Waals surface area contributed by atoms with Crippen molar-refractivity contribution >= 4 is 17.9 Å². The van der Waals surface area contributed by atoms with Gasteiger partial charge in [-0.15, -0.1) is 0 Å². The first kappa shape index (κ1) is 29.9. The van der Waals surface area contributed by atoms with E-state index < -0.39 is 17.9 Å². The van der Waals surface area contributed by atoms with Crippen molar-refractivity contribution in [1.82, 2.24) is 0 Å². The van der Waals surface area contributed by atoms with E-state index in [2.05, 4.69) is 13.8 Å². The smallest absolute Gasteiger partial charge is 0.303 e. The van der Waals surface area contributed by atoms with Crippen molar-refractivity contribution in [1.29, 1.82) is 0 Å². The molecule has 6 nitrogen and oxygen atoms in total. The van der Waals surface area contributed by atoms with Gasteiger partial charge in [0.1, 0.15) is 0 Å². The Morgan fingerprint density at radius 3 is 0.833 bits per heavy atom. The molecule has 0 saturated heterocycles. The van der Waals surface area contributed by atoms with Gasteiger partial charge in [-0.25, -0.2) is 0 Å². The maximum absolute atomic E-state index is 9.37. The summed E-state index contributed by atoms with van der Waals surface area (Å²) in [7, 11) is 0. The molecular formula is C12H28O6. The van der Waals surface area contributed by atoms with E-state index in [0.717, 1.165) is 6.92 Å². The maximum atomic E-state index is 9.37. The highest BCUT2D eigenvalue weighted by atomic mass is 16.4. The molecule has 6 heteroatoms. The summed E-state index contributed by atoms with van der Waals surface area (Å²) in [5, 5.41) is 22.9. The minimum absolute atomic E-state index is 0. The summed E-state index contributed by atoms with van der Waals surface area (Å²) in [5.41, 5.74) is 0. The summed E-state index contributed by atoms with van der Waals surface area (Å²) < 4.78 is 0. The van der Waals surface area contributed by atoms with Crippen LogP contribution in [-0.2, 0) is 14.4 Å². The van der Waals surface area contributed by atoms with Crippen LogP contribution in [0.15, 0.2) is 0 Å². The first-order valence-corrected chi connectivity index (χ1v) is 5.32. The van der Waals surface area contributed by atoms with E-state index in [4.69, 9.17) is 20.1 Å². The van der Waals surface area contributed by atoms with Crippen molar-refractivity contribution in [2.24, 2.45) is 0 Å². The van der Waals surface area contributed by atoms with Crippen molar-refractivity contribution in [3.8, 4) is 0 Å². The van der Waals surface area contributed by atoms with Gasteiger partial charge in [-0.05, 0) is 0 Å². The van der Waals surface area contributed by atoms with Gasteiger partial charge < -0.3 is 15.3 Å². The molecule has 112 valence electrons. The Labute approximate surface area is 110 Å². The van der Waals surface area contributed by atoms with Gasteiger partial charge in [0.15, 0.2) is 0 Å². The first-order chi connectivity index (χ1) is 7.69. The Bertz CT molecular complexity index is 171. The zero-order valence-corrected chi connectivity index (χ0v) is 11.2. The van der Waals surface area contributed by atoms with E-state index >= 15 is 0 Å². The Hall–Kier alpha value is -1.59. The molecule has 0 aromatic carbocycles. The predicted molar refractivity (Wildman–Crippen MR) is 71.9 cm³/mol. The molecule has 18 heavy (non-hydrogen) atoms. The normalized spacial score (nSPS) is 6.50. The van der Waals surface area contributed by atoms with Crippen LogP contribution in [0.4, 0.5) is 0 Å². The molecule has 0 aliphatic heterocycles. The van der Waals surface area contributed by atoms with E-state index in [-0.39, 0.29) is 20.3 Å². The van der Waals surface area contributed by atoms with Gasteiger partial charge in [-0.3, -0.25) is 14.4 Å². The number of rotatable bonds is 2. The van der Waals surface area contributed by atoms with Crippen LogP contribution in [0.25, 0.3) is 0 Å². The van der Waals surface area contributed by atoms with Crippen LogP contribution in [-0.4, -0.2) is 33.2 Å². The highest BCUT2D eigenvalue weighted by molar-refractivity contribution is 5.66. The highest BCUT2D eigenvalue weighted by Crippen LogP contribution is 1.67. The first-order valence-electron chi connectivity index (χ1n) is 5.32. The lowest BCUT2D eigenvalue weighted by atomic mass is 10.5. The van der Waals surface area contributed by atoms with Crippen LogP contribution in [0.2, 0.25) is 0 Å². The van der Waals surface area contributed by atoms with E-state index in [9.17, 15) is 9.59 Å². The monoisotopic (exact) mass is 268 g/mol. The maximum Gasteiger partial charge on any atom is 0.303 e. The zero-order chi connectivity index (χ0) is 14.9. The lowest BCUT2D eigenvalue weighted by Crippen LogP contribution is -1.86. The zero-order valence-electron chi connectivity index (χ0n) is 11.2. The lowest BCUT2D eigenvalue weighted by molar-refractivity contribution is -0.137. The molecule has 0 atom stereocenters. The van der Waals surface area contributed by atoms with Gasteiger partial charge in [-0.1, -0.05) is 41.5 Å². The third-order valence-corrected chi connectivity index (χ3v) is 0.605. The second-order valence-corrected chi connectivity index (χ2v) is 2.72. The number of carbonyl (C=O) groups is 3. The molecule has 0 aliphatic rings. The minimum atomic E-state index is -0.833. The SMILES string of the molecule is C.CC(=O)O.CCC.CCC(=O)O.CCC(=O)O. The van der Waals surface area contributed by atoms with Gasteiger partial charge in [0.25, 0.3) is 5.97 Å². The van der Waals surface area contributed by atoms with Crippen molar-refractivity contribution in [3.63, 3.8) is 0 Å². The number of carboxylic acid groups (broad SMARTS) is 3. The largest absolute Gasteiger partial charge is 0.481 e. The Morgan fingerprint density at radius 2 is 0.833 bits per heavy atom. The number of hydrogen-bond donors (Lipinski definition) is 3. The van der Waals surface area contributed by atoms with E-state index in [1.807, 2.05) is 0 Å². The van der Waals surface area contributed by atoms with Crippen LogP contribution < -0.4 is 0 Å². The topological polar surface area (TPSA) is 112 Å². The van der Waals surface area contributed by atoms with Crippen molar-refractivity contribution < 1.29 is 29.7 Å². The number of hydrogen-bond acceptors (Lipinski definition) is 3. The van der Waals surface area contributed by atoms with Gasteiger partial charge in [0.2, 0.25) is 0 Å². The molecule has 0 heterocycles. The van der Waals surface area contributed by atoms with Gasteiger partial charge >= 0.3 is 11.9 Å². The molecule has 0 bridgehead atoms. The van der Waals surface area contributed by atoms with E-state index in [1.165, 1.54) is 6.42 Å². The lowest BCUT2D eigenvalue weighted by Gasteiger charge is -1.71. The van der Waals surface area contributed by atoms with Crippen LogP contribution in [0.5, 0.6) is 0 Å². The summed E-state index contributed by atoms with van der Waals surface area (Å²) in [6, 6.07) is 0. The standard InChI is InChI=1S/2C3H6O2.C3H8.C2H4O2.CH4/c2*1-2-3(4)5;1-3-2;1-2(3)4;/h2*2H2,1H3,(H,4,5);3H2,1-2H3;1H3,(H,3,4);1H4. The average molecular weight is 268 g/mol. The molecule has 0 radical (unpaired) electrons. The molecule has 0 amide bonds. The van der Waals surface area contributed by atoms with Crippen molar-refractivity contribution in [2.75, 3.05) is 0 Å². The van der Waals surface area contributed by atoms with Crippen LogP contribution >= 0.6 is 0 Å². The van der Waals surface area contributed by atoms with Crippen molar-refractivity contribution in [3.05, 3.63) is 0 Å². The Kier molecular flexibility index (Phi) is 49.1. The summed E-state index contributed by atoms with van der Waals surface area (Å²) in [4.78, 5) is 27.7. The summed E-state index contributed by atoms with van der Waals surface area (Å²) in [6.07, 6.45) is 1.69. The molecule has 0 rings (SSSR count). The van der Waals surface area contributed by atoms with Gasteiger partial charge in [0.05, 0.1) is 0 Å². The molecule has 0 saturated carbocycles. The fourth-order valence-corrected chi connectivity index (χ4v) is 0. The molecule has 3 N–H and O–H groups in total. The van der Waals surface area contributed by atoms with E-state index in [0.29, 0.717) is 0 Å². The van der Waals surface area contributed by atoms with Crippen LogP contribution in [0.1, 0.15) is 61.3 Å². The van der Waals surface area contributed by atoms with Gasteiger partial charge in [0, 0.05) is 19.8 Å². The molecule has 0 spiro atoms. The van der Waals surface area contributed by atoms with E-state index in [1.54, 1.807) is 13.8 Å². The fraction of sp³-hybridized carbons (Fsp3) is 0.750. The molecule has 0 aliphatic carbocycles. The summed E-state index contributed by atoms with van der Waals surface area (Å²) in [6.45, 7) is 8.53. The summed E-state index contributed by atoms with van der Waals surface area (Å²) >= 11 is 0. The molecule has 0 aromatic rings. The highest BCUT2D eigenvalue weighted by Gasteiger charge is 1.81. The molecule has 0 aromatic heterocycles. The second kappa shape index (κ2) is 29.5. The average Bonchev–Trinajstić information content (AvgIpc) is 2.19. The van der Waals surface area contributed by atoms with Crippen molar-refractivity contribution in [2.45, 2.75) is 61.3 Å². The molecule has 0 unspecified atom stereocenters. The van der Waals surface area contributed by atoms with Crippen LogP contribution in [0, 0.1) is 0 Å². The van der Waals surface area contributed by atoms with Gasteiger partial charge in [-0.2, -0.15) is 0 Å². The second-order valence-electron chi connectivity index (χ2n) is 2.72. The summed E-state index contributed by atoms with van der Waals surface area (Å²) in [5.74, 6) is -2.32. The fourth-order valence-electron chi connectivity index (χ4n) is 0. The predicted octanol–water partition coefficient (Wildman–Crippen LogP) is 3.11. The Balaban J connectivity index is -0.0000000417. The third-order valence-electron chi connectivity index (χ3n) is 0.605. The third kappa shape index (κ3) is 446. The Morgan fingerprint density at radius 1 is 0.778 bits per heavy atom. The quantitative estimate of drug-likeness (QED) is 0.709.